The first-order chi connectivity index (χ1) is 7.63. The average molecular weight is 261 g/mol. The Hall–Kier alpha value is -0.540. The van der Waals surface area contributed by atoms with Crippen LogP contribution in [0.3, 0.4) is 0 Å². The summed E-state index contributed by atoms with van der Waals surface area (Å²) in [6, 6.07) is 3.74. The van der Waals surface area contributed by atoms with E-state index in [9.17, 15) is 0 Å². The van der Waals surface area contributed by atoms with Gasteiger partial charge in [0.1, 0.15) is 11.5 Å². The van der Waals surface area contributed by atoms with E-state index in [0.717, 1.165) is 23.5 Å². The summed E-state index contributed by atoms with van der Waals surface area (Å²) in [7, 11) is 3.25. The predicted octanol–water partition coefficient (Wildman–Crippen LogP) is 3.78. The van der Waals surface area contributed by atoms with Crippen LogP contribution in [-0.4, -0.2) is 20.0 Å². The van der Waals surface area contributed by atoms with Crippen LogP contribution in [0, 0.1) is 0 Å². The highest BCUT2D eigenvalue weighted by molar-refractivity contribution is 7.80. The van der Waals surface area contributed by atoms with Crippen LogP contribution >= 0.6 is 24.2 Å². The van der Waals surface area contributed by atoms with Crippen LogP contribution in [0.2, 0.25) is 5.02 Å². The average Bonchev–Trinajstić information content (AvgIpc) is 2.29. The maximum absolute atomic E-state index is 6.10. The number of methoxy groups -OCH3 is 2. The van der Waals surface area contributed by atoms with E-state index in [0.29, 0.717) is 16.7 Å². The van der Waals surface area contributed by atoms with Crippen LogP contribution in [0.5, 0.6) is 11.5 Å². The zero-order chi connectivity index (χ0) is 12.1. The topological polar surface area (TPSA) is 18.5 Å². The highest BCUT2D eigenvalue weighted by Gasteiger charge is 2.14. The van der Waals surface area contributed by atoms with Crippen molar-refractivity contribution in [3.63, 3.8) is 0 Å². The Morgan fingerprint density at radius 3 is 2.38 bits per heavy atom. The fraction of sp³-hybridized carbons (Fsp3) is 0.500. The molecule has 0 radical (unpaired) electrons. The van der Waals surface area contributed by atoms with E-state index in [2.05, 4.69) is 19.6 Å². The SMILES string of the molecule is COc1cc(OC)c(C(C)CCS)cc1Cl. The molecule has 1 rings (SSSR count). The van der Waals surface area contributed by atoms with Gasteiger partial charge in [0, 0.05) is 6.07 Å². The molecule has 0 spiro atoms. The first-order valence-electron chi connectivity index (χ1n) is 5.16. The fourth-order valence-electron chi connectivity index (χ4n) is 1.62. The van der Waals surface area contributed by atoms with Gasteiger partial charge in [0.05, 0.1) is 19.2 Å². The summed E-state index contributed by atoms with van der Waals surface area (Å²) in [5, 5.41) is 0.615. The minimum atomic E-state index is 0.371. The summed E-state index contributed by atoms with van der Waals surface area (Å²) in [5.74, 6) is 2.67. The minimum Gasteiger partial charge on any atom is -0.496 e. The quantitative estimate of drug-likeness (QED) is 0.813. The van der Waals surface area contributed by atoms with Crippen molar-refractivity contribution in [1.29, 1.82) is 0 Å². The van der Waals surface area contributed by atoms with Crippen LogP contribution in [0.4, 0.5) is 0 Å². The standard InChI is InChI=1S/C12H17ClO2S/c1-8(4-5-16)9-6-10(13)12(15-3)7-11(9)14-2/h6-8,16H,4-5H2,1-3H3. The molecule has 0 saturated carbocycles. The van der Waals surface area contributed by atoms with Gasteiger partial charge in [0.15, 0.2) is 0 Å². The van der Waals surface area contributed by atoms with Crippen molar-refractivity contribution in [3.05, 3.63) is 22.7 Å². The van der Waals surface area contributed by atoms with E-state index in [1.165, 1.54) is 0 Å². The van der Waals surface area contributed by atoms with E-state index in [1.54, 1.807) is 14.2 Å². The number of hydrogen-bond donors (Lipinski definition) is 1. The van der Waals surface area contributed by atoms with E-state index in [4.69, 9.17) is 21.1 Å². The van der Waals surface area contributed by atoms with E-state index in [1.807, 2.05) is 12.1 Å². The molecule has 4 heteroatoms. The molecule has 2 nitrogen and oxygen atoms in total. The Morgan fingerprint density at radius 2 is 1.88 bits per heavy atom. The van der Waals surface area contributed by atoms with Crippen LogP contribution in [0.1, 0.15) is 24.8 Å². The van der Waals surface area contributed by atoms with Gasteiger partial charge in [-0.2, -0.15) is 12.6 Å². The van der Waals surface area contributed by atoms with Crippen LogP contribution in [-0.2, 0) is 0 Å². The molecular weight excluding hydrogens is 244 g/mol. The Labute approximate surface area is 107 Å². The number of thiol groups is 1. The van der Waals surface area contributed by atoms with Crippen molar-refractivity contribution in [2.45, 2.75) is 19.3 Å². The van der Waals surface area contributed by atoms with Crippen molar-refractivity contribution in [2.75, 3.05) is 20.0 Å². The predicted molar refractivity (Wildman–Crippen MR) is 71.4 cm³/mol. The Morgan fingerprint density at radius 1 is 1.25 bits per heavy atom. The molecule has 0 aliphatic heterocycles. The largest absolute Gasteiger partial charge is 0.496 e. The van der Waals surface area contributed by atoms with Gasteiger partial charge < -0.3 is 9.47 Å². The van der Waals surface area contributed by atoms with Gasteiger partial charge in [0.25, 0.3) is 0 Å². The zero-order valence-corrected chi connectivity index (χ0v) is 11.4. The van der Waals surface area contributed by atoms with Crippen LogP contribution in [0.15, 0.2) is 12.1 Å². The molecule has 16 heavy (non-hydrogen) atoms. The van der Waals surface area contributed by atoms with E-state index < -0.39 is 0 Å². The van der Waals surface area contributed by atoms with Crippen molar-refractivity contribution in [3.8, 4) is 11.5 Å². The van der Waals surface area contributed by atoms with Gasteiger partial charge in [-0.25, -0.2) is 0 Å². The molecule has 0 saturated heterocycles. The van der Waals surface area contributed by atoms with Gasteiger partial charge in [-0.1, -0.05) is 18.5 Å². The molecule has 0 N–H and O–H groups in total. The number of rotatable bonds is 5. The molecule has 0 fully saturated rings. The summed E-state index contributed by atoms with van der Waals surface area (Å²) in [6.07, 6.45) is 0.988. The molecule has 1 aromatic rings. The Kier molecular flexibility index (Phi) is 5.29. The third-order valence-corrected chi connectivity index (χ3v) is 3.15. The van der Waals surface area contributed by atoms with Crippen molar-refractivity contribution in [1.82, 2.24) is 0 Å². The van der Waals surface area contributed by atoms with Gasteiger partial charge >= 0.3 is 0 Å². The van der Waals surface area contributed by atoms with Crippen LogP contribution < -0.4 is 9.47 Å². The smallest absolute Gasteiger partial charge is 0.141 e. The summed E-state index contributed by atoms with van der Waals surface area (Å²) in [6.45, 7) is 2.14. The van der Waals surface area contributed by atoms with Crippen molar-refractivity contribution >= 4 is 24.2 Å². The molecule has 0 aliphatic carbocycles. The Balaban J connectivity index is 3.12. The second kappa shape index (κ2) is 6.26. The number of halogens is 1. The molecule has 1 unspecified atom stereocenters. The van der Waals surface area contributed by atoms with Gasteiger partial charge in [-0.05, 0) is 29.7 Å². The van der Waals surface area contributed by atoms with E-state index in [-0.39, 0.29) is 0 Å². The second-order valence-corrected chi connectivity index (χ2v) is 4.50. The Bertz CT molecular complexity index is 355. The summed E-state index contributed by atoms with van der Waals surface area (Å²) < 4.78 is 10.5. The minimum absolute atomic E-state index is 0.371. The maximum Gasteiger partial charge on any atom is 0.141 e. The molecule has 0 bridgehead atoms. The first-order valence-corrected chi connectivity index (χ1v) is 6.17. The molecule has 0 amide bonds. The lowest BCUT2D eigenvalue weighted by atomic mass is 9.97. The first kappa shape index (κ1) is 13.5. The second-order valence-electron chi connectivity index (χ2n) is 3.64. The summed E-state index contributed by atoms with van der Waals surface area (Å²) in [5.41, 5.74) is 1.10. The number of benzene rings is 1. The summed E-state index contributed by atoms with van der Waals surface area (Å²) >= 11 is 10.3. The number of ether oxygens (including phenoxy) is 2. The van der Waals surface area contributed by atoms with Gasteiger partial charge in [-0.15, -0.1) is 0 Å². The fourth-order valence-corrected chi connectivity index (χ4v) is 2.25. The lowest BCUT2D eigenvalue weighted by Gasteiger charge is -2.16. The highest BCUT2D eigenvalue weighted by Crippen LogP contribution is 2.37. The molecule has 0 aromatic heterocycles. The lowest BCUT2D eigenvalue weighted by Crippen LogP contribution is -2.00. The zero-order valence-electron chi connectivity index (χ0n) is 9.79. The van der Waals surface area contributed by atoms with Crippen molar-refractivity contribution < 1.29 is 9.47 Å². The highest BCUT2D eigenvalue weighted by atomic mass is 35.5. The molecule has 0 heterocycles. The van der Waals surface area contributed by atoms with Crippen molar-refractivity contribution in [2.24, 2.45) is 0 Å². The molecule has 1 aromatic carbocycles. The maximum atomic E-state index is 6.10. The summed E-state index contributed by atoms with van der Waals surface area (Å²) in [4.78, 5) is 0. The monoisotopic (exact) mass is 260 g/mol. The van der Waals surface area contributed by atoms with Gasteiger partial charge in [-0.3, -0.25) is 0 Å². The molecule has 90 valence electrons. The normalized spacial score (nSPS) is 12.3. The third-order valence-electron chi connectivity index (χ3n) is 2.60. The number of hydrogen-bond acceptors (Lipinski definition) is 3. The lowest BCUT2D eigenvalue weighted by molar-refractivity contribution is 0.389. The third kappa shape index (κ3) is 2.98. The molecule has 0 aliphatic rings. The molecule has 1 atom stereocenters. The van der Waals surface area contributed by atoms with E-state index >= 15 is 0 Å². The van der Waals surface area contributed by atoms with Crippen LogP contribution in [0.25, 0.3) is 0 Å². The molecular formula is C12H17ClO2S. The van der Waals surface area contributed by atoms with Gasteiger partial charge in [0.2, 0.25) is 0 Å².